The Morgan fingerprint density at radius 1 is 1.11 bits per heavy atom. The average Bonchev–Trinajstić information content (AvgIpc) is 2.83. The van der Waals surface area contributed by atoms with Crippen LogP contribution in [0.1, 0.15) is 43.9 Å². The number of halogens is 3. The van der Waals surface area contributed by atoms with Crippen molar-refractivity contribution >= 4 is 0 Å². The molecule has 0 spiro atoms. The summed E-state index contributed by atoms with van der Waals surface area (Å²) in [6.07, 6.45) is 0.711. The highest BCUT2D eigenvalue weighted by Gasteiger charge is 2.29. The Bertz CT molecular complexity index is 389. The minimum Gasteiger partial charge on any atom is -0.447 e. The Kier molecular flexibility index (Phi) is 4.62. The fourth-order valence-electron chi connectivity index (χ4n) is 2.08. The van der Waals surface area contributed by atoms with E-state index in [0.717, 1.165) is 25.7 Å². The first-order valence-corrected chi connectivity index (χ1v) is 6.21. The smallest absolute Gasteiger partial charge is 0.447 e. The van der Waals surface area contributed by atoms with E-state index in [4.69, 9.17) is 9.15 Å². The van der Waals surface area contributed by atoms with E-state index < -0.39 is 13.0 Å². The molecule has 108 valence electrons. The summed E-state index contributed by atoms with van der Waals surface area (Å²) in [4.78, 5) is 0. The van der Waals surface area contributed by atoms with Gasteiger partial charge in [-0.15, -0.1) is 18.3 Å². The lowest BCUT2D eigenvalue weighted by Crippen LogP contribution is -2.18. The summed E-state index contributed by atoms with van der Waals surface area (Å²) in [5.41, 5.74) is 0. The van der Waals surface area contributed by atoms with Gasteiger partial charge in [0.2, 0.25) is 5.89 Å². The Hall–Kier alpha value is -1.31. The van der Waals surface area contributed by atoms with Gasteiger partial charge < -0.3 is 9.15 Å². The zero-order valence-corrected chi connectivity index (χ0v) is 10.3. The average molecular weight is 280 g/mol. The summed E-state index contributed by atoms with van der Waals surface area (Å²) in [7, 11) is 0. The largest absolute Gasteiger partial charge is 0.522 e. The second-order valence-electron chi connectivity index (χ2n) is 4.38. The first-order chi connectivity index (χ1) is 9.04. The van der Waals surface area contributed by atoms with Gasteiger partial charge in [0.15, 0.2) is 0 Å². The number of aromatic nitrogens is 2. The van der Waals surface area contributed by atoms with Crippen molar-refractivity contribution < 1.29 is 27.1 Å². The van der Waals surface area contributed by atoms with Crippen molar-refractivity contribution in [2.45, 2.75) is 44.4 Å². The predicted molar refractivity (Wildman–Crippen MR) is 57.6 cm³/mol. The van der Waals surface area contributed by atoms with E-state index in [2.05, 4.69) is 14.9 Å². The normalized spacial score (nSPS) is 17.6. The van der Waals surface area contributed by atoms with E-state index in [1.54, 1.807) is 0 Å². The number of hydrogen-bond donors (Lipinski definition) is 0. The van der Waals surface area contributed by atoms with E-state index in [0.29, 0.717) is 5.89 Å². The molecule has 0 amide bonds. The molecule has 0 atom stereocenters. The molecule has 1 aliphatic carbocycles. The SMILES string of the molecule is FC(F)(F)OCCOc1nnc(C2CCCCC2)o1. The minimum absolute atomic E-state index is 0.105. The van der Waals surface area contributed by atoms with Crippen molar-refractivity contribution in [3.05, 3.63) is 5.89 Å². The van der Waals surface area contributed by atoms with Crippen LogP contribution in [0.3, 0.4) is 0 Å². The highest BCUT2D eigenvalue weighted by atomic mass is 19.4. The lowest BCUT2D eigenvalue weighted by Gasteiger charge is -2.17. The molecule has 0 bridgehead atoms. The van der Waals surface area contributed by atoms with E-state index in [1.165, 1.54) is 6.42 Å². The molecule has 0 saturated heterocycles. The maximum Gasteiger partial charge on any atom is 0.522 e. The Morgan fingerprint density at radius 3 is 2.53 bits per heavy atom. The second kappa shape index (κ2) is 6.23. The molecule has 1 aliphatic rings. The van der Waals surface area contributed by atoms with Gasteiger partial charge in [-0.1, -0.05) is 24.4 Å². The van der Waals surface area contributed by atoms with E-state index >= 15 is 0 Å². The molecule has 8 heteroatoms. The molecule has 1 heterocycles. The molecule has 5 nitrogen and oxygen atoms in total. The van der Waals surface area contributed by atoms with E-state index in [-0.39, 0.29) is 18.6 Å². The summed E-state index contributed by atoms with van der Waals surface area (Å²) >= 11 is 0. The molecule has 2 rings (SSSR count). The third kappa shape index (κ3) is 4.70. The number of ether oxygens (including phenoxy) is 2. The van der Waals surface area contributed by atoms with Crippen molar-refractivity contribution in [2.24, 2.45) is 0 Å². The quantitative estimate of drug-likeness (QED) is 0.776. The van der Waals surface area contributed by atoms with Crippen molar-refractivity contribution in [1.82, 2.24) is 10.2 Å². The fourth-order valence-corrected chi connectivity index (χ4v) is 2.08. The summed E-state index contributed by atoms with van der Waals surface area (Å²) in [6, 6.07) is 0. The zero-order chi connectivity index (χ0) is 13.7. The molecule has 19 heavy (non-hydrogen) atoms. The third-order valence-electron chi connectivity index (χ3n) is 2.95. The van der Waals surface area contributed by atoms with Crippen molar-refractivity contribution in [3.63, 3.8) is 0 Å². The third-order valence-corrected chi connectivity index (χ3v) is 2.95. The van der Waals surface area contributed by atoms with Crippen LogP contribution in [0.15, 0.2) is 4.42 Å². The Morgan fingerprint density at radius 2 is 1.84 bits per heavy atom. The van der Waals surface area contributed by atoms with Gasteiger partial charge in [-0.05, 0) is 12.8 Å². The molecule has 0 unspecified atom stereocenters. The van der Waals surface area contributed by atoms with Gasteiger partial charge in [-0.25, -0.2) is 0 Å². The number of rotatable bonds is 5. The summed E-state index contributed by atoms with van der Waals surface area (Å²) in [5.74, 6) is 0.747. The molecule has 1 aromatic heterocycles. The van der Waals surface area contributed by atoms with E-state index in [9.17, 15) is 13.2 Å². The van der Waals surface area contributed by atoms with Gasteiger partial charge in [0.05, 0.1) is 6.61 Å². The first kappa shape index (κ1) is 14.1. The number of nitrogens with zero attached hydrogens (tertiary/aromatic N) is 2. The van der Waals surface area contributed by atoms with Crippen molar-refractivity contribution in [1.29, 1.82) is 0 Å². The summed E-state index contributed by atoms with van der Waals surface area (Å²) < 4.78 is 48.8. The standard InChI is InChI=1S/C11H15F3N2O3/c12-11(13,14)18-7-6-17-10-16-15-9(19-10)8-4-2-1-3-5-8/h8H,1-7H2. The lowest BCUT2D eigenvalue weighted by atomic mass is 9.89. The van der Waals surface area contributed by atoms with Gasteiger partial charge in [-0.2, -0.15) is 0 Å². The second-order valence-corrected chi connectivity index (χ2v) is 4.38. The van der Waals surface area contributed by atoms with Crippen LogP contribution >= 0.6 is 0 Å². The molecular formula is C11H15F3N2O3. The van der Waals surface area contributed by atoms with Gasteiger partial charge in [-0.3, -0.25) is 4.74 Å². The van der Waals surface area contributed by atoms with Gasteiger partial charge in [0.25, 0.3) is 0 Å². The van der Waals surface area contributed by atoms with Gasteiger partial charge in [0, 0.05) is 5.92 Å². The Balaban J connectivity index is 1.74. The van der Waals surface area contributed by atoms with Crippen LogP contribution in [0.25, 0.3) is 0 Å². The molecule has 1 fully saturated rings. The molecule has 0 aromatic carbocycles. The minimum atomic E-state index is -4.65. The van der Waals surface area contributed by atoms with Crippen molar-refractivity contribution in [3.8, 4) is 6.08 Å². The predicted octanol–water partition coefficient (Wildman–Crippen LogP) is 3.03. The Labute approximate surface area is 108 Å². The van der Waals surface area contributed by atoms with Gasteiger partial charge >= 0.3 is 12.4 Å². The zero-order valence-electron chi connectivity index (χ0n) is 10.3. The van der Waals surface area contributed by atoms with Crippen molar-refractivity contribution in [2.75, 3.05) is 13.2 Å². The summed E-state index contributed by atoms with van der Waals surface area (Å²) in [5, 5.41) is 7.51. The van der Waals surface area contributed by atoms with Crippen LogP contribution in [0.5, 0.6) is 6.08 Å². The first-order valence-electron chi connectivity index (χ1n) is 6.21. The van der Waals surface area contributed by atoms with Crippen LogP contribution in [-0.4, -0.2) is 29.8 Å². The number of alkyl halides is 3. The summed E-state index contributed by atoms with van der Waals surface area (Å²) in [6.45, 7) is -0.892. The van der Waals surface area contributed by atoms with Crippen LogP contribution in [0, 0.1) is 0 Å². The van der Waals surface area contributed by atoms with Crippen LogP contribution < -0.4 is 4.74 Å². The maximum absolute atomic E-state index is 11.7. The molecule has 0 radical (unpaired) electrons. The highest BCUT2D eigenvalue weighted by molar-refractivity contribution is 4.95. The monoisotopic (exact) mass is 280 g/mol. The molecule has 0 N–H and O–H groups in total. The number of hydrogen-bond acceptors (Lipinski definition) is 5. The molecule has 1 aromatic rings. The van der Waals surface area contributed by atoms with Crippen LogP contribution in [0.2, 0.25) is 0 Å². The topological polar surface area (TPSA) is 57.4 Å². The van der Waals surface area contributed by atoms with E-state index in [1.807, 2.05) is 0 Å². The fraction of sp³-hybridized carbons (Fsp3) is 0.818. The molecule has 0 aliphatic heterocycles. The maximum atomic E-state index is 11.7. The van der Waals surface area contributed by atoms with Crippen LogP contribution in [0.4, 0.5) is 13.2 Å². The molecule has 1 saturated carbocycles. The molecular weight excluding hydrogens is 265 g/mol. The highest BCUT2D eigenvalue weighted by Crippen LogP contribution is 2.32. The van der Waals surface area contributed by atoms with Gasteiger partial charge in [0.1, 0.15) is 6.61 Å². The van der Waals surface area contributed by atoms with Crippen LogP contribution in [-0.2, 0) is 4.74 Å². The lowest BCUT2D eigenvalue weighted by molar-refractivity contribution is -0.325.